The molecule has 1 amide bonds. The molecule has 2 N–H and O–H groups in total. The smallest absolute Gasteiger partial charge is 0.255 e. The lowest BCUT2D eigenvalue weighted by Crippen LogP contribution is -2.32. The summed E-state index contributed by atoms with van der Waals surface area (Å²) >= 11 is 1.43. The molecule has 1 aromatic carbocycles. The van der Waals surface area contributed by atoms with Gasteiger partial charge in [0.25, 0.3) is 5.91 Å². The predicted octanol–water partition coefficient (Wildman–Crippen LogP) is 2.07. The summed E-state index contributed by atoms with van der Waals surface area (Å²) in [4.78, 5) is 15.3. The topological polar surface area (TPSA) is 80.5 Å². The second-order valence-electron chi connectivity index (χ2n) is 5.11. The van der Waals surface area contributed by atoms with E-state index in [1.165, 1.54) is 23.9 Å². The summed E-state index contributed by atoms with van der Waals surface area (Å²) in [5.74, 6) is -0.105. The number of amides is 1. The minimum Gasteiger partial charge on any atom is -0.339 e. The highest BCUT2D eigenvalue weighted by atomic mass is 32.2. The number of likely N-dealkylation sites (tertiary alicyclic amines) is 1. The maximum Gasteiger partial charge on any atom is 0.255 e. The van der Waals surface area contributed by atoms with Gasteiger partial charge in [-0.2, -0.15) is 0 Å². The predicted molar refractivity (Wildman–Crippen MR) is 84.0 cm³/mol. The molecule has 5 nitrogen and oxygen atoms in total. The van der Waals surface area contributed by atoms with E-state index in [1.54, 1.807) is 6.07 Å². The fourth-order valence-corrected chi connectivity index (χ4v) is 3.59. The highest BCUT2D eigenvalue weighted by Gasteiger charge is 2.22. The van der Waals surface area contributed by atoms with Crippen molar-refractivity contribution in [2.45, 2.75) is 35.5 Å². The van der Waals surface area contributed by atoms with E-state index < -0.39 is 10.0 Å². The summed E-state index contributed by atoms with van der Waals surface area (Å²) in [5.41, 5.74) is 0.427. The zero-order valence-corrected chi connectivity index (χ0v) is 13.7. The van der Waals surface area contributed by atoms with E-state index >= 15 is 0 Å². The molecule has 0 aliphatic carbocycles. The van der Waals surface area contributed by atoms with Crippen molar-refractivity contribution in [3.8, 4) is 0 Å². The van der Waals surface area contributed by atoms with Gasteiger partial charge in [0, 0.05) is 18.0 Å². The van der Waals surface area contributed by atoms with Gasteiger partial charge < -0.3 is 4.90 Å². The van der Waals surface area contributed by atoms with Gasteiger partial charge in [-0.15, -0.1) is 11.8 Å². The van der Waals surface area contributed by atoms with E-state index in [9.17, 15) is 13.2 Å². The third-order valence-electron chi connectivity index (χ3n) is 3.62. The molecule has 0 atom stereocenters. The molecule has 0 bridgehead atoms. The first-order valence-corrected chi connectivity index (χ1v) is 9.70. The minimum absolute atomic E-state index is 0.0153. The molecule has 1 saturated heterocycles. The number of hydrogen-bond donors (Lipinski definition) is 1. The number of carbonyl (C=O) groups is 1. The van der Waals surface area contributed by atoms with Crippen molar-refractivity contribution in [1.29, 1.82) is 0 Å². The van der Waals surface area contributed by atoms with Gasteiger partial charge in [-0.1, -0.05) is 12.8 Å². The lowest BCUT2D eigenvalue weighted by atomic mass is 10.2. The van der Waals surface area contributed by atoms with Crippen LogP contribution in [-0.2, 0) is 10.0 Å². The molecule has 7 heteroatoms. The molecule has 1 aliphatic heterocycles. The molecule has 2 rings (SSSR count). The van der Waals surface area contributed by atoms with Gasteiger partial charge in [0.15, 0.2) is 0 Å². The van der Waals surface area contributed by atoms with Gasteiger partial charge in [0.2, 0.25) is 10.0 Å². The van der Waals surface area contributed by atoms with Crippen LogP contribution in [0.3, 0.4) is 0 Å². The second-order valence-corrected chi connectivity index (χ2v) is 7.52. The van der Waals surface area contributed by atoms with Crippen LogP contribution in [0.2, 0.25) is 0 Å². The number of rotatable bonds is 3. The summed E-state index contributed by atoms with van der Waals surface area (Å²) in [6, 6.07) is 4.49. The molecule has 0 aromatic heterocycles. The molecule has 0 saturated carbocycles. The highest BCUT2D eigenvalue weighted by Crippen LogP contribution is 2.25. The number of benzene rings is 1. The highest BCUT2D eigenvalue weighted by molar-refractivity contribution is 7.98. The lowest BCUT2D eigenvalue weighted by Gasteiger charge is -2.21. The van der Waals surface area contributed by atoms with Gasteiger partial charge in [-0.05, 0) is 37.3 Å². The quantitative estimate of drug-likeness (QED) is 0.861. The van der Waals surface area contributed by atoms with Gasteiger partial charge in [-0.3, -0.25) is 4.79 Å². The normalized spacial score (nSPS) is 16.6. The van der Waals surface area contributed by atoms with E-state index in [1.807, 2.05) is 11.2 Å². The largest absolute Gasteiger partial charge is 0.339 e. The average Bonchev–Trinajstić information content (AvgIpc) is 2.74. The molecule has 0 spiro atoms. The van der Waals surface area contributed by atoms with Crippen LogP contribution in [0.5, 0.6) is 0 Å². The fraction of sp³-hybridized carbons (Fsp3) is 0.500. The van der Waals surface area contributed by atoms with Crippen LogP contribution in [0.15, 0.2) is 28.0 Å². The van der Waals surface area contributed by atoms with Crippen molar-refractivity contribution in [2.24, 2.45) is 5.14 Å². The summed E-state index contributed by atoms with van der Waals surface area (Å²) < 4.78 is 23.0. The number of carbonyl (C=O) groups excluding carboxylic acids is 1. The molecule has 0 unspecified atom stereocenters. The van der Waals surface area contributed by atoms with Crippen LogP contribution in [0.4, 0.5) is 0 Å². The zero-order valence-electron chi connectivity index (χ0n) is 12.0. The molecular weight excluding hydrogens is 308 g/mol. The Labute approximate surface area is 129 Å². The number of thioether (sulfide) groups is 1. The van der Waals surface area contributed by atoms with Crippen LogP contribution in [0.1, 0.15) is 36.0 Å². The standard InChI is InChI=1S/C14H20N2O3S2/c1-20-13-7-6-11(21(15,18)19)10-12(13)14(17)16-8-4-2-3-5-9-16/h6-7,10H,2-5,8-9H2,1H3,(H2,15,18,19). The zero-order chi connectivity index (χ0) is 15.5. The van der Waals surface area contributed by atoms with E-state index in [-0.39, 0.29) is 10.8 Å². The van der Waals surface area contributed by atoms with E-state index in [0.717, 1.165) is 43.7 Å². The molecule has 116 valence electrons. The van der Waals surface area contributed by atoms with Crippen molar-refractivity contribution in [3.05, 3.63) is 23.8 Å². The number of sulfonamides is 1. The molecule has 1 aliphatic rings. The Balaban J connectivity index is 2.38. The summed E-state index contributed by atoms with van der Waals surface area (Å²) in [6.45, 7) is 1.46. The Hall–Kier alpha value is -1.05. The Bertz CT molecular complexity index is 621. The third-order valence-corrected chi connectivity index (χ3v) is 5.33. The van der Waals surface area contributed by atoms with Gasteiger partial charge in [0.05, 0.1) is 10.5 Å². The van der Waals surface area contributed by atoms with Gasteiger partial charge in [-0.25, -0.2) is 13.6 Å². The van der Waals surface area contributed by atoms with Crippen molar-refractivity contribution < 1.29 is 13.2 Å². The number of nitrogens with zero attached hydrogens (tertiary/aromatic N) is 1. The monoisotopic (exact) mass is 328 g/mol. The lowest BCUT2D eigenvalue weighted by molar-refractivity contribution is 0.0758. The molecule has 0 radical (unpaired) electrons. The van der Waals surface area contributed by atoms with Crippen molar-refractivity contribution >= 4 is 27.7 Å². The van der Waals surface area contributed by atoms with Gasteiger partial charge in [0.1, 0.15) is 0 Å². The molecule has 1 aromatic rings. The molecule has 1 fully saturated rings. The Morgan fingerprint density at radius 1 is 1.19 bits per heavy atom. The van der Waals surface area contributed by atoms with E-state index in [0.29, 0.717) is 5.56 Å². The van der Waals surface area contributed by atoms with Crippen LogP contribution in [-0.4, -0.2) is 38.6 Å². The Morgan fingerprint density at radius 2 is 1.81 bits per heavy atom. The first kappa shape index (κ1) is 16.3. The average molecular weight is 328 g/mol. The van der Waals surface area contributed by atoms with E-state index in [4.69, 9.17) is 5.14 Å². The SMILES string of the molecule is CSc1ccc(S(N)(=O)=O)cc1C(=O)N1CCCCCC1. The Kier molecular flexibility index (Phi) is 5.29. The van der Waals surface area contributed by atoms with Crippen molar-refractivity contribution in [1.82, 2.24) is 4.90 Å². The molecular formula is C14H20N2O3S2. The Morgan fingerprint density at radius 3 is 2.33 bits per heavy atom. The summed E-state index contributed by atoms with van der Waals surface area (Å²) in [6.07, 6.45) is 6.13. The third kappa shape index (κ3) is 3.99. The van der Waals surface area contributed by atoms with Crippen LogP contribution in [0, 0.1) is 0 Å². The maximum atomic E-state index is 12.7. The van der Waals surface area contributed by atoms with E-state index in [2.05, 4.69) is 0 Å². The number of primary sulfonamides is 1. The molecule has 1 heterocycles. The number of nitrogens with two attached hydrogens (primary N) is 1. The van der Waals surface area contributed by atoms with Crippen LogP contribution < -0.4 is 5.14 Å². The maximum absolute atomic E-state index is 12.7. The second kappa shape index (κ2) is 6.81. The molecule has 21 heavy (non-hydrogen) atoms. The first-order chi connectivity index (χ1) is 9.93. The first-order valence-electron chi connectivity index (χ1n) is 6.93. The van der Waals surface area contributed by atoms with Crippen molar-refractivity contribution in [2.75, 3.05) is 19.3 Å². The van der Waals surface area contributed by atoms with Crippen LogP contribution in [0.25, 0.3) is 0 Å². The van der Waals surface area contributed by atoms with Crippen LogP contribution >= 0.6 is 11.8 Å². The van der Waals surface area contributed by atoms with Gasteiger partial charge >= 0.3 is 0 Å². The minimum atomic E-state index is -3.80. The van der Waals surface area contributed by atoms with Crippen molar-refractivity contribution in [3.63, 3.8) is 0 Å². The summed E-state index contributed by atoms with van der Waals surface area (Å²) in [7, 11) is -3.80. The fourth-order valence-electron chi connectivity index (χ4n) is 2.48. The summed E-state index contributed by atoms with van der Waals surface area (Å²) in [5, 5.41) is 5.16. The number of hydrogen-bond acceptors (Lipinski definition) is 4.